The minimum absolute atomic E-state index is 0.0971. The summed E-state index contributed by atoms with van der Waals surface area (Å²) in [5, 5.41) is 3.47. The van der Waals surface area contributed by atoms with Crippen molar-refractivity contribution < 1.29 is 14.3 Å². The van der Waals surface area contributed by atoms with Crippen LogP contribution < -0.4 is 5.32 Å². The van der Waals surface area contributed by atoms with E-state index in [9.17, 15) is 9.59 Å². The molecular formula is C17H21N3O3S. The molecule has 7 heteroatoms. The lowest BCUT2D eigenvalue weighted by molar-refractivity contribution is -0.119. The normalized spacial score (nSPS) is 18.0. The molecule has 0 unspecified atom stereocenters. The molecule has 1 N–H and O–H groups in total. The molecule has 1 fully saturated rings. The fourth-order valence-corrected chi connectivity index (χ4v) is 3.47. The van der Waals surface area contributed by atoms with Gasteiger partial charge in [-0.25, -0.2) is 9.78 Å². The lowest BCUT2D eigenvalue weighted by Gasteiger charge is -2.24. The van der Waals surface area contributed by atoms with Crippen LogP contribution in [0.4, 0.5) is 9.93 Å². The summed E-state index contributed by atoms with van der Waals surface area (Å²) in [6.07, 6.45) is 0.272. The maximum Gasteiger partial charge on any atom is 0.410 e. The van der Waals surface area contributed by atoms with E-state index in [2.05, 4.69) is 10.3 Å². The summed E-state index contributed by atoms with van der Waals surface area (Å²) in [5.74, 6) is -0.329. The Morgan fingerprint density at radius 3 is 2.79 bits per heavy atom. The Balaban J connectivity index is 1.59. The van der Waals surface area contributed by atoms with Crippen LogP contribution in [0.3, 0.4) is 0 Å². The molecule has 0 spiro atoms. The molecule has 1 saturated heterocycles. The Morgan fingerprint density at radius 2 is 2.08 bits per heavy atom. The summed E-state index contributed by atoms with van der Waals surface area (Å²) in [6.45, 7) is 6.41. The number of thiazole rings is 1. The SMILES string of the molecule is CC(C)(C)OC(=O)N1CC[C@H](C(=O)Nc2nc3ccccc3s2)C1. The standard InChI is InChI=1S/C17H21N3O3S/c1-17(2,3)23-16(22)20-9-8-11(10-20)14(21)19-15-18-12-6-4-5-7-13(12)24-15/h4-7,11H,8-10H2,1-3H3,(H,18,19,21)/t11-/m0/s1. The number of fused-ring (bicyclic) bond motifs is 1. The van der Waals surface area contributed by atoms with Gasteiger partial charge in [-0.3, -0.25) is 4.79 Å². The molecule has 24 heavy (non-hydrogen) atoms. The highest BCUT2D eigenvalue weighted by Crippen LogP contribution is 2.27. The van der Waals surface area contributed by atoms with E-state index in [0.717, 1.165) is 10.2 Å². The zero-order valence-electron chi connectivity index (χ0n) is 14.0. The van der Waals surface area contributed by atoms with Crippen LogP contribution in [0, 0.1) is 5.92 Å². The van der Waals surface area contributed by atoms with Gasteiger partial charge in [0.1, 0.15) is 5.60 Å². The number of nitrogens with zero attached hydrogens (tertiary/aromatic N) is 2. The van der Waals surface area contributed by atoms with Crippen molar-refractivity contribution in [2.75, 3.05) is 18.4 Å². The van der Waals surface area contributed by atoms with E-state index < -0.39 is 5.60 Å². The van der Waals surface area contributed by atoms with Crippen LogP contribution in [0.15, 0.2) is 24.3 Å². The molecule has 3 rings (SSSR count). The van der Waals surface area contributed by atoms with E-state index in [1.54, 1.807) is 4.90 Å². The fourth-order valence-electron chi connectivity index (χ4n) is 2.60. The van der Waals surface area contributed by atoms with Crippen molar-refractivity contribution in [3.05, 3.63) is 24.3 Å². The van der Waals surface area contributed by atoms with Gasteiger partial charge in [0.25, 0.3) is 0 Å². The lowest BCUT2D eigenvalue weighted by Crippen LogP contribution is -2.36. The number of ether oxygens (including phenoxy) is 1. The summed E-state index contributed by atoms with van der Waals surface area (Å²) in [5.41, 5.74) is 0.345. The zero-order chi connectivity index (χ0) is 17.3. The van der Waals surface area contributed by atoms with Crippen molar-refractivity contribution in [3.63, 3.8) is 0 Å². The molecule has 1 atom stereocenters. The third-order valence-electron chi connectivity index (χ3n) is 3.73. The molecule has 6 nitrogen and oxygen atoms in total. The van der Waals surface area contributed by atoms with Gasteiger partial charge in [0.15, 0.2) is 5.13 Å². The molecule has 0 radical (unpaired) electrons. The fraction of sp³-hybridized carbons (Fsp3) is 0.471. The van der Waals surface area contributed by atoms with Gasteiger partial charge in [-0.15, -0.1) is 0 Å². The summed E-state index contributed by atoms with van der Waals surface area (Å²) in [6, 6.07) is 7.76. The molecule has 0 aliphatic carbocycles. The number of anilines is 1. The number of benzene rings is 1. The average molecular weight is 347 g/mol. The molecule has 1 aliphatic rings. The Morgan fingerprint density at radius 1 is 1.33 bits per heavy atom. The molecule has 1 aromatic carbocycles. The van der Waals surface area contributed by atoms with E-state index in [-0.39, 0.29) is 17.9 Å². The zero-order valence-corrected chi connectivity index (χ0v) is 14.9. The summed E-state index contributed by atoms with van der Waals surface area (Å²) < 4.78 is 6.39. The van der Waals surface area contributed by atoms with Crippen molar-refractivity contribution >= 4 is 38.7 Å². The predicted molar refractivity (Wildman–Crippen MR) is 94.2 cm³/mol. The van der Waals surface area contributed by atoms with Crippen LogP contribution in [-0.4, -0.2) is 40.6 Å². The quantitative estimate of drug-likeness (QED) is 0.902. The van der Waals surface area contributed by atoms with E-state index in [1.165, 1.54) is 11.3 Å². The number of carbonyl (C=O) groups excluding carboxylic acids is 2. The molecule has 128 valence electrons. The highest BCUT2D eigenvalue weighted by atomic mass is 32.1. The van der Waals surface area contributed by atoms with Crippen molar-refractivity contribution in [1.82, 2.24) is 9.88 Å². The summed E-state index contributed by atoms with van der Waals surface area (Å²) in [7, 11) is 0. The maximum atomic E-state index is 12.4. The molecule has 0 bridgehead atoms. The van der Waals surface area contributed by atoms with E-state index in [4.69, 9.17) is 4.74 Å². The van der Waals surface area contributed by atoms with Crippen LogP contribution >= 0.6 is 11.3 Å². The number of nitrogens with one attached hydrogen (secondary N) is 1. The van der Waals surface area contributed by atoms with Crippen LogP contribution in [-0.2, 0) is 9.53 Å². The van der Waals surface area contributed by atoms with Crippen molar-refractivity contribution in [2.45, 2.75) is 32.8 Å². The molecule has 1 aromatic heterocycles. The highest BCUT2D eigenvalue weighted by Gasteiger charge is 2.33. The first-order valence-electron chi connectivity index (χ1n) is 7.96. The number of aromatic nitrogens is 1. The highest BCUT2D eigenvalue weighted by molar-refractivity contribution is 7.22. The number of rotatable bonds is 2. The third-order valence-corrected chi connectivity index (χ3v) is 4.69. The van der Waals surface area contributed by atoms with Gasteiger partial charge in [-0.1, -0.05) is 23.5 Å². The van der Waals surface area contributed by atoms with Crippen LogP contribution in [0.2, 0.25) is 0 Å². The predicted octanol–water partition coefficient (Wildman–Crippen LogP) is 3.49. The molecular weight excluding hydrogens is 326 g/mol. The molecule has 1 aliphatic heterocycles. The van der Waals surface area contributed by atoms with Crippen molar-refractivity contribution in [2.24, 2.45) is 5.92 Å². The monoisotopic (exact) mass is 347 g/mol. The van der Waals surface area contributed by atoms with Gasteiger partial charge in [0.2, 0.25) is 5.91 Å². The van der Waals surface area contributed by atoms with Crippen LogP contribution in [0.1, 0.15) is 27.2 Å². The van der Waals surface area contributed by atoms with Crippen molar-refractivity contribution in [1.29, 1.82) is 0 Å². The van der Waals surface area contributed by atoms with Gasteiger partial charge in [-0.2, -0.15) is 0 Å². The minimum atomic E-state index is -0.529. The van der Waals surface area contributed by atoms with Gasteiger partial charge in [0, 0.05) is 13.1 Å². The number of amides is 2. The Kier molecular flexibility index (Phi) is 4.45. The molecule has 2 amide bonds. The Labute approximate surface area is 144 Å². The van der Waals surface area contributed by atoms with Crippen LogP contribution in [0.5, 0.6) is 0 Å². The van der Waals surface area contributed by atoms with Crippen LogP contribution in [0.25, 0.3) is 10.2 Å². The van der Waals surface area contributed by atoms with E-state index in [1.807, 2.05) is 45.0 Å². The van der Waals surface area contributed by atoms with Crippen molar-refractivity contribution in [3.8, 4) is 0 Å². The van der Waals surface area contributed by atoms with Gasteiger partial charge >= 0.3 is 6.09 Å². The molecule has 2 aromatic rings. The molecule has 2 heterocycles. The summed E-state index contributed by atoms with van der Waals surface area (Å²) in [4.78, 5) is 30.5. The minimum Gasteiger partial charge on any atom is -0.444 e. The number of hydrogen-bond acceptors (Lipinski definition) is 5. The summed E-state index contributed by atoms with van der Waals surface area (Å²) >= 11 is 1.45. The van der Waals surface area contributed by atoms with E-state index in [0.29, 0.717) is 24.6 Å². The average Bonchev–Trinajstić information content (AvgIpc) is 3.11. The number of likely N-dealkylation sites (tertiary alicyclic amines) is 1. The second-order valence-corrected chi connectivity index (χ2v) is 7.92. The largest absolute Gasteiger partial charge is 0.444 e. The first kappa shape index (κ1) is 16.7. The smallest absolute Gasteiger partial charge is 0.410 e. The lowest BCUT2D eigenvalue weighted by atomic mass is 10.1. The molecule has 0 saturated carbocycles. The second-order valence-electron chi connectivity index (χ2n) is 6.89. The topological polar surface area (TPSA) is 71.5 Å². The second kappa shape index (κ2) is 6.39. The Bertz CT molecular complexity index is 733. The van der Waals surface area contributed by atoms with E-state index >= 15 is 0 Å². The number of carbonyl (C=O) groups is 2. The Hall–Kier alpha value is -2.15. The number of hydrogen-bond donors (Lipinski definition) is 1. The number of para-hydroxylation sites is 1. The van der Waals surface area contributed by atoms with Gasteiger partial charge in [-0.05, 0) is 39.3 Å². The van der Waals surface area contributed by atoms with Gasteiger partial charge < -0.3 is 15.0 Å². The first-order chi connectivity index (χ1) is 11.3. The maximum absolute atomic E-state index is 12.4. The first-order valence-corrected chi connectivity index (χ1v) is 8.78. The van der Waals surface area contributed by atoms with Gasteiger partial charge in [0.05, 0.1) is 16.1 Å². The third kappa shape index (κ3) is 3.84.